The number of ether oxygens (including phenoxy) is 1. The van der Waals surface area contributed by atoms with Gasteiger partial charge in [-0.05, 0) is 54.8 Å². The predicted octanol–water partition coefficient (Wildman–Crippen LogP) is 2.48. The minimum Gasteiger partial charge on any atom is -0.465 e. The molecule has 0 radical (unpaired) electrons. The van der Waals surface area contributed by atoms with Gasteiger partial charge in [-0.3, -0.25) is 9.59 Å². The van der Waals surface area contributed by atoms with Crippen LogP contribution in [0.4, 0.5) is 14.9 Å². The number of benzene rings is 2. The van der Waals surface area contributed by atoms with Crippen molar-refractivity contribution in [1.29, 1.82) is 0 Å². The second-order valence-electron chi connectivity index (χ2n) is 8.57. The molecule has 9 nitrogen and oxygen atoms in total. The second kappa shape index (κ2) is 10.5. The molecule has 2 aromatic rings. The molecular weight excluding hydrogens is 455 g/mol. The summed E-state index contributed by atoms with van der Waals surface area (Å²) in [5.41, 5.74) is 1.71. The summed E-state index contributed by atoms with van der Waals surface area (Å²) in [6.07, 6.45) is 1.15. The summed E-state index contributed by atoms with van der Waals surface area (Å²) in [6.45, 7) is 2.00. The number of likely N-dealkylation sites (tertiary alicyclic amines) is 1. The number of urea groups is 1. The van der Waals surface area contributed by atoms with Gasteiger partial charge < -0.3 is 24.8 Å². The zero-order valence-electron chi connectivity index (χ0n) is 19.4. The highest BCUT2D eigenvalue weighted by Gasteiger charge is 2.38. The lowest BCUT2D eigenvalue weighted by atomic mass is 10.0. The van der Waals surface area contributed by atoms with Gasteiger partial charge in [-0.25, -0.2) is 14.0 Å². The van der Waals surface area contributed by atoms with Gasteiger partial charge >= 0.3 is 23.8 Å². The third kappa shape index (κ3) is 5.59. The molecule has 4 rings (SSSR count). The lowest BCUT2D eigenvalue weighted by Gasteiger charge is -2.42. The van der Waals surface area contributed by atoms with Crippen molar-refractivity contribution in [3.63, 3.8) is 0 Å². The summed E-state index contributed by atoms with van der Waals surface area (Å²) in [4.78, 5) is 54.4. The fourth-order valence-electron chi connectivity index (χ4n) is 4.39. The fraction of sp³-hybridized carbons (Fsp3) is 0.360. The van der Waals surface area contributed by atoms with Crippen LogP contribution in [0.1, 0.15) is 28.8 Å². The normalized spacial score (nSPS) is 16.9. The number of amides is 4. The molecule has 35 heavy (non-hydrogen) atoms. The van der Waals surface area contributed by atoms with E-state index in [1.54, 1.807) is 46.2 Å². The number of carbonyl (C=O) groups excluding carboxylic acids is 4. The van der Waals surface area contributed by atoms with Crippen molar-refractivity contribution in [2.24, 2.45) is 0 Å². The molecule has 2 aliphatic rings. The van der Waals surface area contributed by atoms with Crippen LogP contribution in [0.2, 0.25) is 0 Å². The van der Waals surface area contributed by atoms with E-state index in [0.29, 0.717) is 50.3 Å². The maximum Gasteiger partial charge on any atom is 0.337 e. The van der Waals surface area contributed by atoms with Crippen molar-refractivity contribution >= 4 is 29.5 Å². The Hall–Kier alpha value is -3.95. The van der Waals surface area contributed by atoms with Crippen LogP contribution in [0.5, 0.6) is 0 Å². The van der Waals surface area contributed by atoms with Gasteiger partial charge in [0.1, 0.15) is 5.82 Å². The summed E-state index contributed by atoms with van der Waals surface area (Å²) < 4.78 is 17.8. The number of hydrogen-bond donors (Lipinski definition) is 1. The Morgan fingerprint density at radius 2 is 1.60 bits per heavy atom. The Labute approximate surface area is 202 Å². The molecule has 2 aromatic carbocycles. The van der Waals surface area contributed by atoms with Crippen LogP contribution in [-0.4, -0.2) is 77.8 Å². The summed E-state index contributed by atoms with van der Waals surface area (Å²) in [7, 11) is 1.30. The monoisotopic (exact) mass is 482 g/mol. The predicted molar refractivity (Wildman–Crippen MR) is 125 cm³/mol. The van der Waals surface area contributed by atoms with E-state index in [2.05, 4.69) is 10.1 Å². The average molecular weight is 483 g/mol. The van der Waals surface area contributed by atoms with Crippen LogP contribution in [0.15, 0.2) is 48.5 Å². The largest absolute Gasteiger partial charge is 0.465 e. The molecule has 184 valence electrons. The number of halogens is 1. The number of rotatable bonds is 5. The summed E-state index contributed by atoms with van der Waals surface area (Å²) in [6, 6.07) is 11.9. The zero-order chi connectivity index (χ0) is 24.9. The van der Waals surface area contributed by atoms with E-state index in [9.17, 15) is 23.6 Å². The molecule has 2 aliphatic heterocycles. The van der Waals surface area contributed by atoms with Gasteiger partial charge in [0, 0.05) is 44.5 Å². The van der Waals surface area contributed by atoms with Crippen LogP contribution in [0.25, 0.3) is 0 Å². The van der Waals surface area contributed by atoms with E-state index >= 15 is 0 Å². The van der Waals surface area contributed by atoms with Crippen LogP contribution in [0.3, 0.4) is 0 Å². The maximum absolute atomic E-state index is 13.1. The van der Waals surface area contributed by atoms with E-state index in [0.717, 1.165) is 5.56 Å². The number of nitrogens with one attached hydrogen (secondary N) is 1. The summed E-state index contributed by atoms with van der Waals surface area (Å²) in [5.74, 6) is -1.89. The van der Waals surface area contributed by atoms with Crippen molar-refractivity contribution in [2.45, 2.75) is 25.4 Å². The Bertz CT molecular complexity index is 1100. The van der Waals surface area contributed by atoms with Gasteiger partial charge in [-0.15, -0.1) is 0 Å². The van der Waals surface area contributed by atoms with Crippen LogP contribution in [-0.2, 0) is 20.9 Å². The molecular formula is C25H27FN4O5. The first-order valence-corrected chi connectivity index (χ1v) is 11.4. The van der Waals surface area contributed by atoms with Crippen LogP contribution in [0, 0.1) is 5.82 Å². The van der Waals surface area contributed by atoms with Gasteiger partial charge in [0.15, 0.2) is 0 Å². The smallest absolute Gasteiger partial charge is 0.337 e. The van der Waals surface area contributed by atoms with E-state index in [1.165, 1.54) is 24.1 Å². The molecule has 0 aromatic heterocycles. The number of esters is 1. The molecule has 0 bridgehead atoms. The number of nitrogens with zero attached hydrogens (tertiary/aromatic N) is 3. The molecule has 0 unspecified atom stereocenters. The highest BCUT2D eigenvalue weighted by atomic mass is 19.1. The Kier molecular flexibility index (Phi) is 7.28. The standard InChI is InChI=1S/C25H27FN4O5/c1-35-24(33)18-4-8-20(9-5-18)27-25(34)28-12-10-21(11-13-28)30-15-14-29(22(31)23(30)32)16-17-2-6-19(26)7-3-17/h2-9,21H,10-16H2,1H3,(H,27,34). The third-order valence-electron chi connectivity index (χ3n) is 6.38. The van der Waals surface area contributed by atoms with Gasteiger partial charge in [-0.2, -0.15) is 0 Å². The van der Waals surface area contributed by atoms with Gasteiger partial charge in [0.05, 0.1) is 12.7 Å². The van der Waals surface area contributed by atoms with Crippen molar-refractivity contribution in [3.8, 4) is 0 Å². The maximum atomic E-state index is 13.1. The Balaban J connectivity index is 1.27. The second-order valence-corrected chi connectivity index (χ2v) is 8.57. The van der Waals surface area contributed by atoms with Crippen molar-refractivity contribution in [2.75, 3.05) is 38.6 Å². The van der Waals surface area contributed by atoms with Crippen molar-refractivity contribution in [1.82, 2.24) is 14.7 Å². The van der Waals surface area contributed by atoms with E-state index in [-0.39, 0.29) is 24.4 Å². The molecule has 0 spiro atoms. The summed E-state index contributed by atoms with van der Waals surface area (Å²) in [5, 5.41) is 2.81. The van der Waals surface area contributed by atoms with Gasteiger partial charge in [0.25, 0.3) is 0 Å². The number of piperazine rings is 1. The number of methoxy groups -OCH3 is 1. The number of anilines is 1. The molecule has 0 atom stereocenters. The zero-order valence-corrected chi connectivity index (χ0v) is 19.4. The minimum atomic E-state index is -0.559. The molecule has 0 aliphatic carbocycles. The van der Waals surface area contributed by atoms with Gasteiger partial charge in [-0.1, -0.05) is 12.1 Å². The van der Waals surface area contributed by atoms with Crippen LogP contribution < -0.4 is 5.32 Å². The van der Waals surface area contributed by atoms with E-state index < -0.39 is 17.8 Å². The van der Waals surface area contributed by atoms with E-state index in [1.807, 2.05) is 0 Å². The Morgan fingerprint density at radius 3 is 2.23 bits per heavy atom. The number of carbonyl (C=O) groups is 4. The summed E-state index contributed by atoms with van der Waals surface area (Å²) >= 11 is 0. The molecule has 1 N–H and O–H groups in total. The molecule has 0 saturated carbocycles. The molecule has 4 amide bonds. The van der Waals surface area contributed by atoms with E-state index in [4.69, 9.17) is 0 Å². The minimum absolute atomic E-state index is 0.109. The SMILES string of the molecule is COC(=O)c1ccc(NC(=O)N2CCC(N3CCN(Cc4ccc(F)cc4)C(=O)C3=O)CC2)cc1. The van der Waals surface area contributed by atoms with Gasteiger partial charge in [0.2, 0.25) is 0 Å². The molecule has 2 saturated heterocycles. The molecule has 10 heteroatoms. The first-order chi connectivity index (χ1) is 16.9. The molecule has 2 heterocycles. The lowest BCUT2D eigenvalue weighted by molar-refractivity contribution is -0.158. The number of piperidine rings is 1. The van der Waals surface area contributed by atoms with Crippen LogP contribution >= 0.6 is 0 Å². The quantitative estimate of drug-likeness (QED) is 0.522. The van der Waals surface area contributed by atoms with Crippen molar-refractivity contribution < 1.29 is 28.3 Å². The third-order valence-corrected chi connectivity index (χ3v) is 6.38. The first kappa shape index (κ1) is 24.2. The topological polar surface area (TPSA) is 99.3 Å². The Morgan fingerprint density at radius 1 is 0.943 bits per heavy atom. The van der Waals surface area contributed by atoms with Crippen molar-refractivity contribution in [3.05, 3.63) is 65.5 Å². The number of hydrogen-bond acceptors (Lipinski definition) is 5. The fourth-order valence-corrected chi connectivity index (χ4v) is 4.39. The highest BCUT2D eigenvalue weighted by molar-refractivity contribution is 6.35. The lowest BCUT2D eigenvalue weighted by Crippen LogP contribution is -2.59. The first-order valence-electron chi connectivity index (χ1n) is 11.4. The highest BCUT2D eigenvalue weighted by Crippen LogP contribution is 2.21. The molecule has 2 fully saturated rings. The average Bonchev–Trinajstić information content (AvgIpc) is 2.88.